The number of hydrogen-bond donors (Lipinski definition) is 3. The van der Waals surface area contributed by atoms with Crippen molar-refractivity contribution in [2.24, 2.45) is 17.5 Å². The molecule has 0 heterocycles. The summed E-state index contributed by atoms with van der Waals surface area (Å²) in [6, 6.07) is 4.61. The predicted molar refractivity (Wildman–Crippen MR) is 80.2 cm³/mol. The zero-order valence-electron chi connectivity index (χ0n) is 12.3. The maximum atomic E-state index is 11.9. The summed E-state index contributed by atoms with van der Waals surface area (Å²) in [6.07, 6.45) is 0. The lowest BCUT2D eigenvalue weighted by Gasteiger charge is -2.21. The Morgan fingerprint density at radius 1 is 1.15 bits per heavy atom. The molecule has 1 rings (SSSR count). The predicted octanol–water partition coefficient (Wildman–Crippen LogP) is 2.16. The zero-order chi connectivity index (χ0) is 15.4. The van der Waals surface area contributed by atoms with Crippen molar-refractivity contribution in [1.29, 1.82) is 0 Å². The molecule has 0 fully saturated rings. The van der Waals surface area contributed by atoms with E-state index in [0.29, 0.717) is 11.4 Å². The highest BCUT2D eigenvalue weighted by Crippen LogP contribution is 2.26. The van der Waals surface area contributed by atoms with Crippen LogP contribution in [0.5, 0.6) is 0 Å². The Labute approximate surface area is 119 Å². The van der Waals surface area contributed by atoms with Gasteiger partial charge in [0.2, 0.25) is 5.91 Å². The second-order valence-electron chi connectivity index (χ2n) is 5.32. The summed E-state index contributed by atoms with van der Waals surface area (Å²) >= 11 is 0. The van der Waals surface area contributed by atoms with Crippen molar-refractivity contribution < 1.29 is 9.59 Å². The van der Waals surface area contributed by atoms with Crippen LogP contribution < -0.4 is 21.9 Å². The SMILES string of the molecule is CC(C)C(=O)N(N)c1cc(NC(N)=O)cc(C(C)C)c1. The lowest BCUT2D eigenvalue weighted by Crippen LogP contribution is -2.40. The highest BCUT2D eigenvalue weighted by atomic mass is 16.2. The van der Waals surface area contributed by atoms with Gasteiger partial charge in [0.15, 0.2) is 0 Å². The van der Waals surface area contributed by atoms with E-state index in [1.165, 1.54) is 0 Å². The van der Waals surface area contributed by atoms with E-state index >= 15 is 0 Å². The van der Waals surface area contributed by atoms with Gasteiger partial charge in [-0.25, -0.2) is 15.6 Å². The monoisotopic (exact) mass is 278 g/mol. The fourth-order valence-corrected chi connectivity index (χ4v) is 1.73. The fraction of sp³-hybridized carbons (Fsp3) is 0.429. The Bertz CT molecular complexity index is 512. The first kappa shape index (κ1) is 16.0. The van der Waals surface area contributed by atoms with Gasteiger partial charge >= 0.3 is 6.03 Å². The molecule has 110 valence electrons. The number of anilines is 2. The normalized spacial score (nSPS) is 10.8. The molecule has 20 heavy (non-hydrogen) atoms. The van der Waals surface area contributed by atoms with Gasteiger partial charge in [0.1, 0.15) is 0 Å². The summed E-state index contributed by atoms with van der Waals surface area (Å²) in [4.78, 5) is 22.9. The van der Waals surface area contributed by atoms with Crippen LogP contribution in [0.25, 0.3) is 0 Å². The highest BCUT2D eigenvalue weighted by molar-refractivity contribution is 5.95. The molecule has 0 unspecified atom stereocenters. The summed E-state index contributed by atoms with van der Waals surface area (Å²) in [5.74, 6) is 5.66. The van der Waals surface area contributed by atoms with E-state index in [-0.39, 0.29) is 17.7 Å². The minimum Gasteiger partial charge on any atom is -0.351 e. The van der Waals surface area contributed by atoms with Crippen molar-refractivity contribution in [2.45, 2.75) is 33.6 Å². The number of carbonyl (C=O) groups is 2. The number of rotatable bonds is 4. The van der Waals surface area contributed by atoms with Gasteiger partial charge in [-0.3, -0.25) is 4.79 Å². The number of carbonyl (C=O) groups excluding carboxylic acids is 2. The van der Waals surface area contributed by atoms with Crippen LogP contribution in [-0.4, -0.2) is 11.9 Å². The minimum absolute atomic E-state index is 0.198. The molecule has 0 aromatic heterocycles. The quantitative estimate of drug-likeness (QED) is 0.447. The van der Waals surface area contributed by atoms with Gasteiger partial charge in [-0.05, 0) is 29.7 Å². The smallest absolute Gasteiger partial charge is 0.316 e. The molecular weight excluding hydrogens is 256 g/mol. The standard InChI is InChI=1S/C14H22N4O2/c1-8(2)10-5-11(17-14(15)20)7-12(6-10)18(16)13(19)9(3)4/h5-9H,16H2,1-4H3,(H3,15,17,20). The summed E-state index contributed by atoms with van der Waals surface area (Å²) < 4.78 is 0. The summed E-state index contributed by atoms with van der Waals surface area (Å²) in [6.45, 7) is 7.57. The fourth-order valence-electron chi connectivity index (χ4n) is 1.73. The summed E-state index contributed by atoms with van der Waals surface area (Å²) in [5, 5.41) is 3.61. The van der Waals surface area contributed by atoms with Crippen molar-refractivity contribution in [1.82, 2.24) is 0 Å². The zero-order valence-corrected chi connectivity index (χ0v) is 12.3. The Morgan fingerprint density at radius 3 is 2.20 bits per heavy atom. The second-order valence-corrected chi connectivity index (χ2v) is 5.32. The molecule has 6 heteroatoms. The minimum atomic E-state index is -0.657. The lowest BCUT2D eigenvalue weighted by molar-refractivity contribution is -0.121. The number of nitrogens with two attached hydrogens (primary N) is 2. The molecule has 5 N–H and O–H groups in total. The largest absolute Gasteiger partial charge is 0.351 e. The maximum absolute atomic E-state index is 11.9. The van der Waals surface area contributed by atoms with Crippen molar-refractivity contribution >= 4 is 23.3 Å². The Morgan fingerprint density at radius 2 is 1.75 bits per heavy atom. The summed E-state index contributed by atoms with van der Waals surface area (Å²) in [5.41, 5.74) is 7.13. The molecule has 6 nitrogen and oxygen atoms in total. The van der Waals surface area contributed by atoms with Crippen LogP contribution in [0.3, 0.4) is 0 Å². The van der Waals surface area contributed by atoms with E-state index in [1.54, 1.807) is 19.9 Å². The topological polar surface area (TPSA) is 101 Å². The molecular formula is C14H22N4O2. The highest BCUT2D eigenvalue weighted by Gasteiger charge is 2.17. The van der Waals surface area contributed by atoms with Gasteiger partial charge in [-0.15, -0.1) is 0 Å². The van der Waals surface area contributed by atoms with E-state index < -0.39 is 6.03 Å². The number of benzene rings is 1. The molecule has 0 saturated carbocycles. The third-order valence-electron chi connectivity index (χ3n) is 2.88. The van der Waals surface area contributed by atoms with E-state index in [4.69, 9.17) is 11.6 Å². The molecule has 0 spiro atoms. The molecule has 0 saturated heterocycles. The van der Waals surface area contributed by atoms with Crippen molar-refractivity contribution in [3.05, 3.63) is 23.8 Å². The van der Waals surface area contributed by atoms with E-state index in [0.717, 1.165) is 10.6 Å². The Balaban J connectivity index is 3.21. The number of primary amides is 1. The van der Waals surface area contributed by atoms with Crippen molar-refractivity contribution in [3.63, 3.8) is 0 Å². The third kappa shape index (κ3) is 3.96. The van der Waals surface area contributed by atoms with Gasteiger partial charge in [-0.2, -0.15) is 0 Å². The molecule has 0 aliphatic heterocycles. The number of nitrogens with zero attached hydrogens (tertiary/aromatic N) is 1. The lowest BCUT2D eigenvalue weighted by atomic mass is 10.0. The molecule has 0 aliphatic carbocycles. The number of hydrazine groups is 1. The van der Waals surface area contributed by atoms with Crippen LogP contribution in [-0.2, 0) is 4.79 Å². The van der Waals surface area contributed by atoms with Gasteiger partial charge in [0, 0.05) is 11.6 Å². The Kier molecular flexibility index (Phi) is 5.10. The van der Waals surface area contributed by atoms with Crippen LogP contribution >= 0.6 is 0 Å². The van der Waals surface area contributed by atoms with Crippen LogP contribution in [0, 0.1) is 5.92 Å². The number of nitrogens with one attached hydrogen (secondary N) is 1. The van der Waals surface area contributed by atoms with E-state index in [1.807, 2.05) is 26.0 Å². The van der Waals surface area contributed by atoms with Gasteiger partial charge < -0.3 is 11.1 Å². The van der Waals surface area contributed by atoms with Gasteiger partial charge in [0.25, 0.3) is 0 Å². The van der Waals surface area contributed by atoms with E-state index in [2.05, 4.69) is 5.32 Å². The number of urea groups is 1. The number of amides is 3. The van der Waals surface area contributed by atoms with Crippen LogP contribution in [0.2, 0.25) is 0 Å². The maximum Gasteiger partial charge on any atom is 0.316 e. The number of hydrogen-bond acceptors (Lipinski definition) is 3. The van der Waals surface area contributed by atoms with Crippen molar-refractivity contribution in [3.8, 4) is 0 Å². The van der Waals surface area contributed by atoms with Crippen LogP contribution in [0.15, 0.2) is 18.2 Å². The summed E-state index contributed by atoms with van der Waals surface area (Å²) in [7, 11) is 0. The first-order valence-electron chi connectivity index (χ1n) is 6.52. The average molecular weight is 278 g/mol. The van der Waals surface area contributed by atoms with E-state index in [9.17, 15) is 9.59 Å². The average Bonchev–Trinajstić information content (AvgIpc) is 2.35. The molecule has 0 atom stereocenters. The Hall–Kier alpha value is -2.08. The third-order valence-corrected chi connectivity index (χ3v) is 2.88. The first-order chi connectivity index (χ1) is 9.22. The van der Waals surface area contributed by atoms with Crippen molar-refractivity contribution in [2.75, 3.05) is 10.3 Å². The second kappa shape index (κ2) is 6.38. The first-order valence-corrected chi connectivity index (χ1v) is 6.52. The molecule has 1 aromatic carbocycles. The molecule has 0 aliphatic rings. The molecule has 1 aromatic rings. The van der Waals surface area contributed by atoms with Gasteiger partial charge in [-0.1, -0.05) is 27.7 Å². The molecule has 3 amide bonds. The molecule has 0 radical (unpaired) electrons. The van der Waals surface area contributed by atoms with Crippen LogP contribution in [0.1, 0.15) is 39.2 Å². The van der Waals surface area contributed by atoms with Gasteiger partial charge in [0.05, 0.1) is 5.69 Å². The molecule has 0 bridgehead atoms. The van der Waals surface area contributed by atoms with Crippen LogP contribution in [0.4, 0.5) is 16.2 Å².